The van der Waals surface area contributed by atoms with Crippen molar-refractivity contribution in [3.8, 4) is 0 Å². The zero-order chi connectivity index (χ0) is 10.8. The lowest BCUT2D eigenvalue weighted by Crippen LogP contribution is -2.45. The number of likely N-dealkylation sites (tertiary alicyclic amines) is 1. The van der Waals surface area contributed by atoms with Gasteiger partial charge in [-0.15, -0.1) is 0 Å². The molecule has 0 aromatic rings. The van der Waals surface area contributed by atoms with E-state index in [-0.39, 0.29) is 13.1 Å². The molecule has 1 saturated heterocycles. The zero-order valence-corrected chi connectivity index (χ0v) is 7.97. The van der Waals surface area contributed by atoms with Crippen LogP contribution in [0.15, 0.2) is 0 Å². The molecule has 0 aromatic carbocycles. The maximum Gasteiger partial charge on any atom is 0.471 e. The Morgan fingerprint density at radius 2 is 1.86 bits per heavy atom. The molecule has 1 aliphatic heterocycles. The molecule has 1 rings (SSSR count). The Morgan fingerprint density at radius 1 is 1.36 bits per heavy atom. The highest BCUT2D eigenvalue weighted by atomic mass is 19.4. The van der Waals surface area contributed by atoms with Gasteiger partial charge in [-0.1, -0.05) is 6.92 Å². The normalized spacial score (nSPS) is 19.9. The van der Waals surface area contributed by atoms with E-state index in [1.165, 1.54) is 0 Å². The number of amides is 1. The molecule has 0 aliphatic carbocycles. The van der Waals surface area contributed by atoms with Gasteiger partial charge in [-0.05, 0) is 25.2 Å². The van der Waals surface area contributed by atoms with Crippen molar-refractivity contribution in [3.05, 3.63) is 6.42 Å². The summed E-state index contributed by atoms with van der Waals surface area (Å²) in [6, 6.07) is 0. The third-order valence-corrected chi connectivity index (χ3v) is 2.54. The van der Waals surface area contributed by atoms with Gasteiger partial charge in [-0.2, -0.15) is 13.2 Å². The lowest BCUT2D eigenvalue weighted by atomic mass is 9.94. The summed E-state index contributed by atoms with van der Waals surface area (Å²) in [6.45, 7) is 2.33. The average Bonchev–Trinajstić information content (AvgIpc) is 2.15. The summed E-state index contributed by atoms with van der Waals surface area (Å²) in [6.07, 6.45) is -1.46. The van der Waals surface area contributed by atoms with Gasteiger partial charge in [0.1, 0.15) is 0 Å². The van der Waals surface area contributed by atoms with Crippen molar-refractivity contribution in [1.82, 2.24) is 4.90 Å². The standard InChI is InChI=1S/C9H13F3NO/c1-2-7-3-5-13(6-4-7)8(14)9(10,11)12/h2,7H,3-6H2,1H3. The topological polar surface area (TPSA) is 20.3 Å². The largest absolute Gasteiger partial charge is 0.471 e. The highest BCUT2D eigenvalue weighted by molar-refractivity contribution is 5.81. The molecule has 14 heavy (non-hydrogen) atoms. The highest BCUT2D eigenvalue weighted by Crippen LogP contribution is 2.24. The van der Waals surface area contributed by atoms with Gasteiger partial charge in [0.2, 0.25) is 0 Å². The van der Waals surface area contributed by atoms with E-state index >= 15 is 0 Å². The van der Waals surface area contributed by atoms with Crippen LogP contribution in [0.2, 0.25) is 0 Å². The summed E-state index contributed by atoms with van der Waals surface area (Å²) < 4.78 is 36.0. The molecule has 0 bridgehead atoms. The summed E-state index contributed by atoms with van der Waals surface area (Å²) in [5.74, 6) is -1.35. The molecular formula is C9H13F3NO. The van der Waals surface area contributed by atoms with Crippen LogP contribution in [0.1, 0.15) is 19.8 Å². The SMILES string of the molecule is C[CH]C1CCN(C(=O)C(F)(F)F)CC1. The lowest BCUT2D eigenvalue weighted by molar-refractivity contribution is -0.186. The maximum absolute atomic E-state index is 12.0. The summed E-state index contributed by atoms with van der Waals surface area (Å²) in [5.41, 5.74) is 0. The van der Waals surface area contributed by atoms with Gasteiger partial charge in [0, 0.05) is 13.1 Å². The fourth-order valence-electron chi connectivity index (χ4n) is 1.62. The number of nitrogens with zero attached hydrogens (tertiary/aromatic N) is 1. The van der Waals surface area contributed by atoms with Crippen LogP contribution in [0.25, 0.3) is 0 Å². The molecule has 2 nitrogen and oxygen atoms in total. The lowest BCUT2D eigenvalue weighted by Gasteiger charge is -2.31. The molecular weight excluding hydrogens is 195 g/mol. The molecule has 0 aromatic heterocycles. The molecule has 81 valence electrons. The zero-order valence-electron chi connectivity index (χ0n) is 7.97. The van der Waals surface area contributed by atoms with E-state index in [0.29, 0.717) is 18.8 Å². The molecule has 0 unspecified atom stereocenters. The number of alkyl halides is 3. The van der Waals surface area contributed by atoms with Crippen LogP contribution in [0.4, 0.5) is 13.2 Å². The molecule has 0 atom stereocenters. The average molecular weight is 208 g/mol. The van der Waals surface area contributed by atoms with Gasteiger partial charge >= 0.3 is 12.1 Å². The van der Waals surface area contributed by atoms with Crippen molar-refractivity contribution in [1.29, 1.82) is 0 Å². The van der Waals surface area contributed by atoms with E-state index in [9.17, 15) is 18.0 Å². The Bertz CT molecular complexity index is 207. The highest BCUT2D eigenvalue weighted by Gasteiger charge is 2.43. The fourth-order valence-corrected chi connectivity index (χ4v) is 1.62. The Labute approximate surface area is 81.1 Å². The Hall–Kier alpha value is -0.740. The number of rotatable bonds is 1. The first-order valence-corrected chi connectivity index (χ1v) is 4.60. The predicted octanol–water partition coefficient (Wildman–Crippen LogP) is 2.01. The minimum atomic E-state index is -4.72. The van der Waals surface area contributed by atoms with Gasteiger partial charge in [0.15, 0.2) is 0 Å². The molecule has 1 radical (unpaired) electrons. The van der Waals surface area contributed by atoms with Crippen LogP contribution in [-0.4, -0.2) is 30.1 Å². The summed E-state index contributed by atoms with van der Waals surface area (Å²) in [5, 5.41) is 0. The molecule has 0 spiro atoms. The Morgan fingerprint density at radius 3 is 2.21 bits per heavy atom. The predicted molar refractivity (Wildman–Crippen MR) is 45.3 cm³/mol. The third-order valence-electron chi connectivity index (χ3n) is 2.54. The van der Waals surface area contributed by atoms with Gasteiger partial charge < -0.3 is 4.90 Å². The van der Waals surface area contributed by atoms with Crippen molar-refractivity contribution in [2.45, 2.75) is 25.9 Å². The second-order valence-electron chi connectivity index (χ2n) is 3.46. The molecule has 1 aliphatic rings. The van der Waals surface area contributed by atoms with E-state index < -0.39 is 12.1 Å². The van der Waals surface area contributed by atoms with Gasteiger partial charge in [0.25, 0.3) is 0 Å². The molecule has 1 fully saturated rings. The molecule has 0 saturated carbocycles. The number of halogens is 3. The molecule has 5 heteroatoms. The number of carbonyl (C=O) groups excluding carboxylic acids is 1. The van der Waals surface area contributed by atoms with Crippen molar-refractivity contribution < 1.29 is 18.0 Å². The van der Waals surface area contributed by atoms with Gasteiger partial charge in [0.05, 0.1) is 0 Å². The van der Waals surface area contributed by atoms with Crippen LogP contribution >= 0.6 is 0 Å². The second-order valence-corrected chi connectivity index (χ2v) is 3.46. The second kappa shape index (κ2) is 4.19. The summed E-state index contributed by atoms with van der Waals surface area (Å²) in [7, 11) is 0. The monoisotopic (exact) mass is 208 g/mol. The number of hydrogen-bond donors (Lipinski definition) is 0. The maximum atomic E-state index is 12.0. The van der Waals surface area contributed by atoms with E-state index in [4.69, 9.17) is 0 Å². The first-order valence-electron chi connectivity index (χ1n) is 4.60. The van der Waals surface area contributed by atoms with Crippen molar-refractivity contribution >= 4 is 5.91 Å². The first-order chi connectivity index (χ1) is 6.45. The van der Waals surface area contributed by atoms with E-state index in [2.05, 4.69) is 0 Å². The Balaban J connectivity index is 2.46. The first kappa shape index (κ1) is 11.3. The van der Waals surface area contributed by atoms with Crippen LogP contribution in [-0.2, 0) is 4.79 Å². The number of hydrogen-bond acceptors (Lipinski definition) is 1. The van der Waals surface area contributed by atoms with Crippen LogP contribution in [0.3, 0.4) is 0 Å². The molecule has 1 amide bonds. The van der Waals surface area contributed by atoms with Gasteiger partial charge in [-0.25, -0.2) is 0 Å². The van der Waals surface area contributed by atoms with Crippen molar-refractivity contribution in [2.24, 2.45) is 5.92 Å². The summed E-state index contributed by atoms with van der Waals surface area (Å²) >= 11 is 0. The Kier molecular flexibility index (Phi) is 3.39. The third kappa shape index (κ3) is 2.62. The fraction of sp³-hybridized carbons (Fsp3) is 0.778. The van der Waals surface area contributed by atoms with Crippen LogP contribution < -0.4 is 0 Å². The van der Waals surface area contributed by atoms with E-state index in [1.807, 2.05) is 13.3 Å². The van der Waals surface area contributed by atoms with Crippen LogP contribution in [0.5, 0.6) is 0 Å². The van der Waals surface area contributed by atoms with E-state index in [1.54, 1.807) is 0 Å². The molecule has 1 heterocycles. The number of carbonyl (C=O) groups is 1. The van der Waals surface area contributed by atoms with Crippen LogP contribution in [0, 0.1) is 12.3 Å². The minimum absolute atomic E-state index is 0.216. The van der Waals surface area contributed by atoms with Crippen molar-refractivity contribution in [2.75, 3.05) is 13.1 Å². The van der Waals surface area contributed by atoms with E-state index in [0.717, 1.165) is 4.90 Å². The number of piperidine rings is 1. The van der Waals surface area contributed by atoms with Crippen molar-refractivity contribution in [3.63, 3.8) is 0 Å². The molecule has 0 N–H and O–H groups in total. The quantitative estimate of drug-likeness (QED) is 0.645. The summed E-state index contributed by atoms with van der Waals surface area (Å²) in [4.78, 5) is 11.7. The smallest absolute Gasteiger partial charge is 0.335 e. The van der Waals surface area contributed by atoms with Gasteiger partial charge in [-0.3, -0.25) is 4.79 Å². The minimum Gasteiger partial charge on any atom is -0.335 e.